The number of benzene rings is 2. The van der Waals surface area contributed by atoms with Gasteiger partial charge in [0.2, 0.25) is 0 Å². The first-order valence-electron chi connectivity index (χ1n) is 6.04. The minimum absolute atomic E-state index is 0.162. The lowest BCUT2D eigenvalue weighted by Gasteiger charge is -2.03. The Bertz CT molecular complexity index is 609. The van der Waals surface area contributed by atoms with Crippen LogP contribution < -0.4 is 0 Å². The van der Waals surface area contributed by atoms with Crippen molar-refractivity contribution in [3.05, 3.63) is 59.7 Å². The van der Waals surface area contributed by atoms with Gasteiger partial charge in [-0.05, 0) is 36.4 Å². The van der Waals surface area contributed by atoms with Crippen LogP contribution in [0.5, 0.6) is 0 Å². The van der Waals surface area contributed by atoms with Gasteiger partial charge >= 0.3 is 0 Å². The molecule has 0 fully saturated rings. The summed E-state index contributed by atoms with van der Waals surface area (Å²) in [6.45, 7) is 1.86. The van der Waals surface area contributed by atoms with Crippen molar-refractivity contribution >= 4 is 17.5 Å². The quantitative estimate of drug-likeness (QED) is 0.775. The molecule has 0 bridgehead atoms. The van der Waals surface area contributed by atoms with E-state index >= 15 is 0 Å². The monoisotopic (exact) mass is 267 g/mol. The van der Waals surface area contributed by atoms with Gasteiger partial charge in [0.05, 0.1) is 11.6 Å². The van der Waals surface area contributed by atoms with Crippen LogP contribution in [0.15, 0.2) is 58.3 Å². The second-order valence-corrected chi connectivity index (χ2v) is 5.19. The van der Waals surface area contributed by atoms with Crippen LogP contribution in [0.25, 0.3) is 0 Å². The molecular formula is C16H13NOS. The first-order chi connectivity index (χ1) is 9.22. The predicted molar refractivity (Wildman–Crippen MR) is 76.3 cm³/mol. The summed E-state index contributed by atoms with van der Waals surface area (Å²) in [7, 11) is 0. The molecule has 0 amide bonds. The van der Waals surface area contributed by atoms with Crippen molar-refractivity contribution in [1.29, 1.82) is 5.26 Å². The third-order valence-corrected chi connectivity index (χ3v) is 3.73. The van der Waals surface area contributed by atoms with Crippen LogP contribution >= 0.6 is 11.8 Å². The van der Waals surface area contributed by atoms with Gasteiger partial charge in [0.25, 0.3) is 0 Å². The van der Waals surface area contributed by atoms with E-state index in [4.69, 9.17) is 5.26 Å². The molecule has 0 unspecified atom stereocenters. The van der Waals surface area contributed by atoms with E-state index in [0.717, 1.165) is 15.4 Å². The van der Waals surface area contributed by atoms with Crippen molar-refractivity contribution in [2.24, 2.45) is 0 Å². The molecule has 0 aliphatic carbocycles. The highest BCUT2D eigenvalue weighted by atomic mass is 32.2. The van der Waals surface area contributed by atoms with Crippen LogP contribution in [-0.2, 0) is 0 Å². The summed E-state index contributed by atoms with van der Waals surface area (Å²) in [5.41, 5.74) is 1.42. The van der Waals surface area contributed by atoms with E-state index in [0.29, 0.717) is 12.0 Å². The molecule has 0 aliphatic rings. The van der Waals surface area contributed by atoms with Crippen molar-refractivity contribution in [3.8, 4) is 6.07 Å². The van der Waals surface area contributed by atoms with Gasteiger partial charge in [-0.15, -0.1) is 0 Å². The highest BCUT2D eigenvalue weighted by Crippen LogP contribution is 2.28. The Kier molecular flexibility index (Phi) is 4.38. The smallest absolute Gasteiger partial charge is 0.162 e. The van der Waals surface area contributed by atoms with Gasteiger partial charge in [0, 0.05) is 21.8 Å². The molecule has 0 radical (unpaired) electrons. The van der Waals surface area contributed by atoms with Crippen LogP contribution in [0, 0.1) is 11.3 Å². The molecule has 3 heteroatoms. The van der Waals surface area contributed by atoms with Crippen LogP contribution in [-0.4, -0.2) is 5.78 Å². The average molecular weight is 267 g/mol. The molecule has 0 N–H and O–H groups in total. The maximum Gasteiger partial charge on any atom is 0.162 e. The number of carbonyl (C=O) groups excluding carboxylic acids is 1. The molecule has 0 aromatic heterocycles. The van der Waals surface area contributed by atoms with Crippen molar-refractivity contribution in [1.82, 2.24) is 0 Å². The first-order valence-corrected chi connectivity index (χ1v) is 6.86. The molecule has 2 aromatic carbocycles. The summed E-state index contributed by atoms with van der Waals surface area (Å²) in [6, 6.07) is 17.2. The van der Waals surface area contributed by atoms with E-state index < -0.39 is 0 Å². The predicted octanol–water partition coefficient (Wildman–Crippen LogP) is 4.30. The Morgan fingerprint density at radius 1 is 1.05 bits per heavy atom. The largest absolute Gasteiger partial charge is 0.294 e. The fourth-order valence-electron chi connectivity index (χ4n) is 1.65. The molecule has 2 nitrogen and oxygen atoms in total. The van der Waals surface area contributed by atoms with E-state index in [1.54, 1.807) is 23.9 Å². The summed E-state index contributed by atoms with van der Waals surface area (Å²) < 4.78 is 0. The van der Waals surface area contributed by atoms with Gasteiger partial charge in [-0.3, -0.25) is 4.79 Å². The summed E-state index contributed by atoms with van der Waals surface area (Å²) in [5, 5.41) is 8.74. The van der Waals surface area contributed by atoms with Gasteiger partial charge in [0.15, 0.2) is 5.78 Å². The number of hydrogen-bond donors (Lipinski definition) is 0. The minimum atomic E-state index is 0.162. The van der Waals surface area contributed by atoms with E-state index in [1.807, 2.05) is 43.3 Å². The normalized spacial score (nSPS) is 9.89. The highest BCUT2D eigenvalue weighted by molar-refractivity contribution is 7.99. The standard InChI is InChI=1S/C16H13NOS/c1-2-16(18)13-5-9-15(10-6-13)19-14-7-3-12(11-17)4-8-14/h3-10H,2H2,1H3. The topological polar surface area (TPSA) is 40.9 Å². The molecule has 0 aliphatic heterocycles. The van der Waals surface area contributed by atoms with Crippen LogP contribution in [0.4, 0.5) is 0 Å². The molecule has 19 heavy (non-hydrogen) atoms. The van der Waals surface area contributed by atoms with Crippen LogP contribution in [0.3, 0.4) is 0 Å². The van der Waals surface area contributed by atoms with Gasteiger partial charge in [-0.25, -0.2) is 0 Å². The summed E-state index contributed by atoms with van der Waals surface area (Å²) in [4.78, 5) is 13.7. The molecule has 0 heterocycles. The summed E-state index contributed by atoms with van der Waals surface area (Å²) >= 11 is 1.61. The van der Waals surface area contributed by atoms with Crippen molar-refractivity contribution in [3.63, 3.8) is 0 Å². The number of rotatable bonds is 4. The Labute approximate surface area is 117 Å². The van der Waals surface area contributed by atoms with Crippen molar-refractivity contribution in [2.75, 3.05) is 0 Å². The Morgan fingerprint density at radius 3 is 2.05 bits per heavy atom. The third-order valence-electron chi connectivity index (χ3n) is 2.72. The number of nitrogens with zero attached hydrogens (tertiary/aromatic N) is 1. The second kappa shape index (κ2) is 6.21. The Balaban J connectivity index is 2.10. The maximum atomic E-state index is 11.5. The van der Waals surface area contributed by atoms with Gasteiger partial charge in [-0.2, -0.15) is 5.26 Å². The lowest BCUT2D eigenvalue weighted by molar-refractivity contribution is 0.0988. The fraction of sp³-hybridized carbons (Fsp3) is 0.125. The zero-order valence-corrected chi connectivity index (χ0v) is 11.4. The lowest BCUT2D eigenvalue weighted by atomic mass is 10.1. The Hall–Kier alpha value is -2.05. The van der Waals surface area contributed by atoms with E-state index in [1.165, 1.54) is 0 Å². The molecule has 0 saturated carbocycles. The number of nitriles is 1. The molecule has 94 valence electrons. The van der Waals surface area contributed by atoms with Gasteiger partial charge < -0.3 is 0 Å². The van der Waals surface area contributed by atoms with Crippen molar-refractivity contribution < 1.29 is 4.79 Å². The highest BCUT2D eigenvalue weighted by Gasteiger charge is 2.03. The maximum absolute atomic E-state index is 11.5. The van der Waals surface area contributed by atoms with Crippen LogP contribution in [0.2, 0.25) is 0 Å². The minimum Gasteiger partial charge on any atom is -0.294 e. The third kappa shape index (κ3) is 3.46. The molecular weight excluding hydrogens is 254 g/mol. The zero-order chi connectivity index (χ0) is 13.7. The van der Waals surface area contributed by atoms with Crippen LogP contribution in [0.1, 0.15) is 29.3 Å². The van der Waals surface area contributed by atoms with Crippen molar-refractivity contribution in [2.45, 2.75) is 23.1 Å². The van der Waals surface area contributed by atoms with Gasteiger partial charge in [-0.1, -0.05) is 30.8 Å². The fourth-order valence-corrected chi connectivity index (χ4v) is 2.46. The SMILES string of the molecule is CCC(=O)c1ccc(Sc2ccc(C#N)cc2)cc1. The number of hydrogen-bond acceptors (Lipinski definition) is 3. The van der Waals surface area contributed by atoms with Gasteiger partial charge in [0.1, 0.15) is 0 Å². The average Bonchev–Trinajstić information content (AvgIpc) is 2.48. The number of carbonyl (C=O) groups is 1. The molecule has 0 spiro atoms. The second-order valence-electron chi connectivity index (χ2n) is 4.04. The summed E-state index contributed by atoms with van der Waals surface area (Å²) in [5.74, 6) is 0.162. The lowest BCUT2D eigenvalue weighted by Crippen LogP contribution is -1.95. The molecule has 2 aromatic rings. The van der Waals surface area contributed by atoms with E-state index in [-0.39, 0.29) is 5.78 Å². The van der Waals surface area contributed by atoms with E-state index in [9.17, 15) is 4.79 Å². The zero-order valence-electron chi connectivity index (χ0n) is 10.6. The number of ketones is 1. The summed E-state index contributed by atoms with van der Waals surface area (Å²) in [6.07, 6.45) is 0.530. The number of Topliss-reactive ketones (excluding diaryl/α,β-unsaturated/α-hetero) is 1. The Morgan fingerprint density at radius 2 is 1.58 bits per heavy atom. The molecule has 0 saturated heterocycles. The molecule has 0 atom stereocenters. The first kappa shape index (κ1) is 13.4. The van der Waals surface area contributed by atoms with E-state index in [2.05, 4.69) is 6.07 Å². The molecule has 2 rings (SSSR count).